The second-order valence-corrected chi connectivity index (χ2v) is 6.53. The van der Waals surface area contributed by atoms with Crippen LogP contribution in [0.5, 0.6) is 0 Å². The summed E-state index contributed by atoms with van der Waals surface area (Å²) < 4.78 is 77.4. The summed E-state index contributed by atoms with van der Waals surface area (Å²) in [6, 6.07) is 5.95. The Balaban J connectivity index is 1.69. The zero-order chi connectivity index (χ0) is 20.5. The molecule has 3 rings (SSSR count). The van der Waals surface area contributed by atoms with E-state index in [1.807, 2.05) is 0 Å². The van der Waals surface area contributed by atoms with Crippen LogP contribution in [-0.4, -0.2) is 10.9 Å². The third kappa shape index (κ3) is 4.33. The van der Waals surface area contributed by atoms with Crippen molar-refractivity contribution in [2.75, 3.05) is 5.32 Å². The average Bonchev–Trinajstić information content (AvgIpc) is 3.10. The maximum absolute atomic E-state index is 13.6. The zero-order valence-corrected chi connectivity index (χ0v) is 14.6. The largest absolute Gasteiger partial charge is 0.416 e. The van der Waals surface area contributed by atoms with E-state index in [-0.39, 0.29) is 6.42 Å². The zero-order valence-electron chi connectivity index (χ0n) is 13.8. The fraction of sp³-hybridized carbons (Fsp3) is 0.111. The predicted octanol–water partition coefficient (Wildman–Crippen LogP) is 5.43. The molecule has 0 aliphatic rings. The van der Waals surface area contributed by atoms with Crippen molar-refractivity contribution in [1.82, 2.24) is 4.98 Å². The minimum atomic E-state index is -4.44. The Labute approximate surface area is 158 Å². The summed E-state index contributed by atoms with van der Waals surface area (Å²) in [5.41, 5.74) is -0.570. The molecular formula is C18H10F6N2OS. The number of hydrogen-bond donors (Lipinski definition) is 1. The van der Waals surface area contributed by atoms with Crippen molar-refractivity contribution in [3.8, 4) is 10.6 Å². The molecule has 1 heterocycles. The van der Waals surface area contributed by atoms with Crippen molar-refractivity contribution in [1.29, 1.82) is 0 Å². The average molecular weight is 416 g/mol. The van der Waals surface area contributed by atoms with Crippen molar-refractivity contribution in [3.05, 3.63) is 70.5 Å². The SMILES string of the molecule is O=C(Cc1csc(-c2ccc(C(F)(F)F)cc2)n1)Nc1ccc(F)c(F)c1F. The van der Waals surface area contributed by atoms with Crippen molar-refractivity contribution in [3.63, 3.8) is 0 Å². The number of benzene rings is 2. The molecular weight excluding hydrogens is 406 g/mol. The van der Waals surface area contributed by atoms with Crippen LogP contribution in [0.3, 0.4) is 0 Å². The molecule has 0 saturated carbocycles. The van der Waals surface area contributed by atoms with Gasteiger partial charge in [0.05, 0.1) is 23.4 Å². The van der Waals surface area contributed by atoms with E-state index in [2.05, 4.69) is 10.3 Å². The molecule has 0 spiro atoms. The van der Waals surface area contributed by atoms with Crippen LogP contribution in [-0.2, 0) is 17.4 Å². The first kappa shape index (κ1) is 19.9. The van der Waals surface area contributed by atoms with Crippen molar-refractivity contribution >= 4 is 22.9 Å². The summed E-state index contributed by atoms with van der Waals surface area (Å²) in [4.78, 5) is 16.1. The molecule has 1 amide bonds. The highest BCUT2D eigenvalue weighted by molar-refractivity contribution is 7.13. The molecule has 0 atom stereocenters. The van der Waals surface area contributed by atoms with Crippen LogP contribution in [0.25, 0.3) is 10.6 Å². The van der Waals surface area contributed by atoms with Crippen LogP contribution >= 0.6 is 11.3 Å². The van der Waals surface area contributed by atoms with E-state index in [1.165, 1.54) is 17.5 Å². The summed E-state index contributed by atoms with van der Waals surface area (Å²) in [7, 11) is 0. The van der Waals surface area contributed by atoms with Gasteiger partial charge in [0.2, 0.25) is 5.91 Å². The molecule has 0 aliphatic heterocycles. The first-order valence-corrected chi connectivity index (χ1v) is 8.58. The maximum atomic E-state index is 13.6. The highest BCUT2D eigenvalue weighted by Gasteiger charge is 2.30. The van der Waals surface area contributed by atoms with Crippen molar-refractivity contribution in [2.45, 2.75) is 12.6 Å². The number of rotatable bonds is 4. The Kier molecular flexibility index (Phi) is 5.41. The number of nitrogens with one attached hydrogen (secondary N) is 1. The van der Waals surface area contributed by atoms with E-state index in [4.69, 9.17) is 0 Å². The summed E-state index contributed by atoms with van der Waals surface area (Å²) in [6.45, 7) is 0. The fourth-order valence-electron chi connectivity index (χ4n) is 2.30. The van der Waals surface area contributed by atoms with Gasteiger partial charge in [-0.05, 0) is 24.3 Å². The molecule has 0 unspecified atom stereocenters. The minimum Gasteiger partial charge on any atom is -0.323 e. The molecule has 1 aromatic heterocycles. The lowest BCUT2D eigenvalue weighted by Gasteiger charge is -2.07. The van der Waals surface area contributed by atoms with Crippen LogP contribution in [0.4, 0.5) is 32.0 Å². The Hall–Kier alpha value is -2.88. The van der Waals surface area contributed by atoms with E-state index < -0.39 is 40.8 Å². The molecule has 0 fully saturated rings. The molecule has 146 valence electrons. The van der Waals surface area contributed by atoms with Crippen LogP contribution in [0.15, 0.2) is 41.8 Å². The summed E-state index contributed by atoms with van der Waals surface area (Å²) in [6.07, 6.45) is -4.73. The highest BCUT2D eigenvalue weighted by Crippen LogP contribution is 2.32. The number of anilines is 1. The van der Waals surface area contributed by atoms with Gasteiger partial charge in [0.1, 0.15) is 5.01 Å². The normalized spacial score (nSPS) is 11.5. The van der Waals surface area contributed by atoms with Gasteiger partial charge in [0.15, 0.2) is 17.5 Å². The molecule has 0 aliphatic carbocycles. The molecule has 3 nitrogen and oxygen atoms in total. The van der Waals surface area contributed by atoms with E-state index >= 15 is 0 Å². The predicted molar refractivity (Wildman–Crippen MR) is 91.2 cm³/mol. The second-order valence-electron chi connectivity index (χ2n) is 5.67. The van der Waals surface area contributed by atoms with E-state index in [0.29, 0.717) is 22.3 Å². The molecule has 2 aromatic carbocycles. The van der Waals surface area contributed by atoms with Crippen LogP contribution in [0.1, 0.15) is 11.3 Å². The van der Waals surface area contributed by atoms with Gasteiger partial charge in [-0.2, -0.15) is 13.2 Å². The molecule has 28 heavy (non-hydrogen) atoms. The Morgan fingerprint density at radius 2 is 1.68 bits per heavy atom. The van der Waals surface area contributed by atoms with Gasteiger partial charge in [-0.1, -0.05) is 12.1 Å². The number of carbonyl (C=O) groups is 1. The fourth-order valence-corrected chi connectivity index (χ4v) is 3.13. The standard InChI is InChI=1S/C18H10F6N2OS/c19-12-5-6-13(16(21)15(12)20)26-14(27)7-11-8-28-17(25-11)9-1-3-10(4-2-9)18(22,23)24/h1-6,8H,7H2,(H,26,27). The highest BCUT2D eigenvalue weighted by atomic mass is 32.1. The molecule has 0 bridgehead atoms. The lowest BCUT2D eigenvalue weighted by atomic mass is 10.1. The van der Waals surface area contributed by atoms with Gasteiger partial charge in [-0.25, -0.2) is 18.2 Å². The third-order valence-electron chi connectivity index (χ3n) is 3.66. The topological polar surface area (TPSA) is 42.0 Å². The number of alkyl halides is 3. The van der Waals surface area contributed by atoms with Crippen molar-refractivity contribution < 1.29 is 31.1 Å². The maximum Gasteiger partial charge on any atom is 0.416 e. The third-order valence-corrected chi connectivity index (χ3v) is 4.60. The minimum absolute atomic E-state index is 0.282. The lowest BCUT2D eigenvalue weighted by Crippen LogP contribution is -2.16. The first-order chi connectivity index (χ1) is 13.1. The Morgan fingerprint density at radius 3 is 2.32 bits per heavy atom. The number of hydrogen-bond acceptors (Lipinski definition) is 3. The molecule has 10 heteroatoms. The van der Waals surface area contributed by atoms with Crippen molar-refractivity contribution in [2.24, 2.45) is 0 Å². The Bertz CT molecular complexity index is 1010. The molecule has 1 N–H and O–H groups in total. The molecule has 3 aromatic rings. The van der Waals surface area contributed by atoms with Crippen LogP contribution in [0.2, 0.25) is 0 Å². The number of nitrogens with zero attached hydrogens (tertiary/aromatic N) is 1. The van der Waals surface area contributed by atoms with E-state index in [0.717, 1.165) is 29.5 Å². The second kappa shape index (κ2) is 7.63. The first-order valence-electron chi connectivity index (χ1n) is 7.70. The van der Waals surface area contributed by atoms with Crippen LogP contribution in [0, 0.1) is 17.5 Å². The monoisotopic (exact) mass is 416 g/mol. The number of halogens is 6. The summed E-state index contributed by atoms with van der Waals surface area (Å²) >= 11 is 1.12. The van der Waals surface area contributed by atoms with Gasteiger partial charge in [-0.15, -0.1) is 11.3 Å². The number of aromatic nitrogens is 1. The van der Waals surface area contributed by atoms with Gasteiger partial charge >= 0.3 is 6.18 Å². The number of amides is 1. The van der Waals surface area contributed by atoms with Crippen LogP contribution < -0.4 is 5.32 Å². The Morgan fingerprint density at radius 1 is 1.00 bits per heavy atom. The number of thiazole rings is 1. The van der Waals surface area contributed by atoms with Gasteiger partial charge < -0.3 is 5.32 Å². The summed E-state index contributed by atoms with van der Waals surface area (Å²) in [5, 5.41) is 4.04. The van der Waals surface area contributed by atoms with Gasteiger partial charge in [0.25, 0.3) is 0 Å². The smallest absolute Gasteiger partial charge is 0.323 e. The lowest BCUT2D eigenvalue weighted by molar-refractivity contribution is -0.137. The quantitative estimate of drug-likeness (QED) is 0.455. The summed E-state index contributed by atoms with van der Waals surface area (Å²) in [5.74, 6) is -5.31. The van der Waals surface area contributed by atoms with E-state index in [9.17, 15) is 31.1 Å². The van der Waals surface area contributed by atoms with Gasteiger partial charge in [-0.3, -0.25) is 4.79 Å². The molecule has 0 radical (unpaired) electrons. The van der Waals surface area contributed by atoms with Gasteiger partial charge in [0, 0.05) is 10.9 Å². The molecule has 0 saturated heterocycles. The number of carbonyl (C=O) groups excluding carboxylic acids is 1. The van der Waals surface area contributed by atoms with E-state index in [1.54, 1.807) is 0 Å².